The van der Waals surface area contributed by atoms with Crippen LogP contribution in [0.3, 0.4) is 0 Å². The van der Waals surface area contributed by atoms with E-state index in [1.165, 1.54) is 25.7 Å². The highest BCUT2D eigenvalue weighted by Gasteiger charge is 2.43. The van der Waals surface area contributed by atoms with E-state index in [1.807, 2.05) is 18.7 Å². The van der Waals surface area contributed by atoms with Crippen molar-refractivity contribution in [1.82, 2.24) is 4.90 Å². The van der Waals surface area contributed by atoms with Gasteiger partial charge >= 0.3 is 0 Å². The molecule has 1 unspecified atom stereocenters. The Balaban J connectivity index is 2.10. The number of carbonyl (C=O) groups excluding carboxylic acids is 1. The highest BCUT2D eigenvalue weighted by atomic mass is 16.5. The van der Waals surface area contributed by atoms with Crippen molar-refractivity contribution in [3.05, 3.63) is 0 Å². The predicted molar refractivity (Wildman–Crippen MR) is 71.2 cm³/mol. The molecule has 1 saturated heterocycles. The van der Waals surface area contributed by atoms with Crippen LogP contribution in [0.1, 0.15) is 52.4 Å². The molecule has 1 atom stereocenters. The summed E-state index contributed by atoms with van der Waals surface area (Å²) in [5.74, 6) is 0.138. The zero-order valence-electron chi connectivity index (χ0n) is 11.7. The zero-order chi connectivity index (χ0) is 13.2. The quantitative estimate of drug-likeness (QED) is 0.763. The van der Waals surface area contributed by atoms with Gasteiger partial charge in [0.25, 0.3) is 5.91 Å². The minimum Gasteiger partial charge on any atom is -0.359 e. The topological polar surface area (TPSA) is 55.6 Å². The number of hydrogen-bond acceptors (Lipinski definition) is 3. The Morgan fingerprint density at radius 2 is 1.89 bits per heavy atom. The van der Waals surface area contributed by atoms with Crippen LogP contribution < -0.4 is 5.73 Å². The average Bonchev–Trinajstić information content (AvgIpc) is 2.61. The zero-order valence-corrected chi connectivity index (χ0v) is 11.7. The fourth-order valence-electron chi connectivity index (χ4n) is 3.16. The van der Waals surface area contributed by atoms with Crippen LogP contribution >= 0.6 is 0 Å². The van der Waals surface area contributed by atoms with Gasteiger partial charge in [0.05, 0.1) is 6.10 Å². The lowest BCUT2D eigenvalue weighted by Gasteiger charge is -2.45. The molecule has 0 radical (unpaired) electrons. The number of morpholine rings is 1. The Morgan fingerprint density at radius 1 is 1.28 bits per heavy atom. The molecule has 0 spiro atoms. The second kappa shape index (κ2) is 5.57. The van der Waals surface area contributed by atoms with Gasteiger partial charge in [-0.05, 0) is 26.7 Å². The van der Waals surface area contributed by atoms with Gasteiger partial charge in [0.1, 0.15) is 5.60 Å². The summed E-state index contributed by atoms with van der Waals surface area (Å²) in [6, 6.07) is 0.400. The van der Waals surface area contributed by atoms with Crippen LogP contribution in [-0.2, 0) is 9.53 Å². The molecule has 1 saturated carbocycles. The minimum atomic E-state index is -0.714. The van der Waals surface area contributed by atoms with Crippen LogP contribution in [-0.4, -0.2) is 41.6 Å². The molecular weight excluding hydrogens is 228 g/mol. The predicted octanol–water partition coefficient (Wildman–Crippen LogP) is 1.67. The molecule has 0 aromatic heterocycles. The molecule has 2 N–H and O–H groups in total. The molecule has 4 heteroatoms. The fraction of sp³-hybridized carbons (Fsp3) is 0.929. The van der Waals surface area contributed by atoms with E-state index in [-0.39, 0.29) is 12.0 Å². The lowest BCUT2D eigenvalue weighted by Crippen LogP contribution is -2.61. The molecule has 2 fully saturated rings. The van der Waals surface area contributed by atoms with E-state index in [2.05, 4.69) is 0 Å². The van der Waals surface area contributed by atoms with E-state index in [4.69, 9.17) is 10.5 Å². The lowest BCUT2D eigenvalue weighted by molar-refractivity contribution is -0.182. The van der Waals surface area contributed by atoms with E-state index in [0.717, 1.165) is 12.8 Å². The Labute approximate surface area is 110 Å². The minimum absolute atomic E-state index is 0.0130. The van der Waals surface area contributed by atoms with Gasteiger partial charge in [-0.25, -0.2) is 0 Å². The van der Waals surface area contributed by atoms with Crippen LogP contribution in [0.4, 0.5) is 0 Å². The molecule has 1 aliphatic carbocycles. The molecule has 2 rings (SSSR count). The van der Waals surface area contributed by atoms with Crippen molar-refractivity contribution in [1.29, 1.82) is 0 Å². The van der Waals surface area contributed by atoms with Crippen molar-refractivity contribution < 1.29 is 9.53 Å². The van der Waals surface area contributed by atoms with Gasteiger partial charge in [0.15, 0.2) is 0 Å². The van der Waals surface area contributed by atoms with Crippen molar-refractivity contribution in [2.45, 2.75) is 70.1 Å². The van der Waals surface area contributed by atoms with Gasteiger partial charge in [-0.2, -0.15) is 0 Å². The maximum atomic E-state index is 12.5. The second-order valence-corrected chi connectivity index (χ2v) is 6.09. The first-order valence-electron chi connectivity index (χ1n) is 7.23. The van der Waals surface area contributed by atoms with E-state index in [0.29, 0.717) is 19.1 Å². The first kappa shape index (κ1) is 13.8. The van der Waals surface area contributed by atoms with Crippen LogP contribution in [0.2, 0.25) is 0 Å². The summed E-state index contributed by atoms with van der Waals surface area (Å²) < 4.78 is 5.77. The third-order valence-electron chi connectivity index (χ3n) is 4.17. The highest BCUT2D eigenvalue weighted by molar-refractivity contribution is 5.85. The summed E-state index contributed by atoms with van der Waals surface area (Å²) >= 11 is 0. The number of nitrogens with zero attached hydrogens (tertiary/aromatic N) is 1. The maximum Gasteiger partial charge on any atom is 0.254 e. The smallest absolute Gasteiger partial charge is 0.254 e. The largest absolute Gasteiger partial charge is 0.359 e. The molecule has 1 heterocycles. The van der Waals surface area contributed by atoms with Crippen molar-refractivity contribution >= 4 is 5.91 Å². The SMILES string of the molecule is CC1(C)OC(CN)CN(C2CCCCCC2)C1=O. The first-order chi connectivity index (χ1) is 8.54. The van der Waals surface area contributed by atoms with Crippen molar-refractivity contribution in [2.24, 2.45) is 5.73 Å². The molecule has 18 heavy (non-hydrogen) atoms. The van der Waals surface area contributed by atoms with Crippen molar-refractivity contribution in [3.8, 4) is 0 Å². The van der Waals surface area contributed by atoms with Crippen LogP contribution in [0, 0.1) is 0 Å². The molecule has 1 amide bonds. The van der Waals surface area contributed by atoms with Gasteiger partial charge < -0.3 is 15.4 Å². The summed E-state index contributed by atoms with van der Waals surface area (Å²) in [4.78, 5) is 14.5. The highest BCUT2D eigenvalue weighted by Crippen LogP contribution is 2.29. The van der Waals surface area contributed by atoms with Crippen molar-refractivity contribution in [3.63, 3.8) is 0 Å². The van der Waals surface area contributed by atoms with Crippen LogP contribution in [0.25, 0.3) is 0 Å². The van der Waals surface area contributed by atoms with Gasteiger partial charge in [-0.1, -0.05) is 25.7 Å². The van der Waals surface area contributed by atoms with Crippen molar-refractivity contribution in [2.75, 3.05) is 13.1 Å². The number of carbonyl (C=O) groups is 1. The molecule has 0 bridgehead atoms. The van der Waals surface area contributed by atoms with E-state index < -0.39 is 5.60 Å². The number of ether oxygens (including phenoxy) is 1. The Morgan fingerprint density at radius 3 is 2.44 bits per heavy atom. The number of rotatable bonds is 2. The molecule has 0 aromatic carbocycles. The molecule has 2 aliphatic rings. The molecule has 104 valence electrons. The third kappa shape index (κ3) is 2.86. The van der Waals surface area contributed by atoms with Gasteiger partial charge in [0, 0.05) is 19.1 Å². The second-order valence-electron chi connectivity index (χ2n) is 6.09. The molecule has 0 aromatic rings. The number of amides is 1. The molecule has 1 aliphatic heterocycles. The monoisotopic (exact) mass is 254 g/mol. The van der Waals surface area contributed by atoms with Gasteiger partial charge in [-0.3, -0.25) is 4.79 Å². The third-order valence-corrected chi connectivity index (χ3v) is 4.17. The average molecular weight is 254 g/mol. The van der Waals surface area contributed by atoms with Crippen LogP contribution in [0.5, 0.6) is 0 Å². The normalized spacial score (nSPS) is 30.3. The Hall–Kier alpha value is -0.610. The maximum absolute atomic E-state index is 12.5. The number of hydrogen-bond donors (Lipinski definition) is 1. The van der Waals surface area contributed by atoms with Gasteiger partial charge in [0.2, 0.25) is 0 Å². The standard InChI is InChI=1S/C14H26N2O2/c1-14(2)13(17)16(10-12(9-15)18-14)11-7-5-3-4-6-8-11/h11-12H,3-10,15H2,1-2H3. The fourth-order valence-corrected chi connectivity index (χ4v) is 3.16. The lowest BCUT2D eigenvalue weighted by atomic mass is 9.98. The summed E-state index contributed by atoms with van der Waals surface area (Å²) in [5, 5.41) is 0. The number of nitrogens with two attached hydrogens (primary N) is 1. The van der Waals surface area contributed by atoms with E-state index in [1.54, 1.807) is 0 Å². The summed E-state index contributed by atoms with van der Waals surface area (Å²) in [6.07, 6.45) is 7.35. The summed E-state index contributed by atoms with van der Waals surface area (Å²) in [7, 11) is 0. The summed E-state index contributed by atoms with van der Waals surface area (Å²) in [6.45, 7) is 4.88. The van der Waals surface area contributed by atoms with Crippen LogP contribution in [0.15, 0.2) is 0 Å². The van der Waals surface area contributed by atoms with E-state index >= 15 is 0 Å². The van der Waals surface area contributed by atoms with E-state index in [9.17, 15) is 4.79 Å². The molecular formula is C14H26N2O2. The van der Waals surface area contributed by atoms with Gasteiger partial charge in [-0.15, -0.1) is 0 Å². The molecule has 4 nitrogen and oxygen atoms in total. The Bertz CT molecular complexity index is 296. The Kier molecular flexibility index (Phi) is 4.28. The first-order valence-corrected chi connectivity index (χ1v) is 7.23. The summed E-state index contributed by atoms with van der Waals surface area (Å²) in [5.41, 5.74) is 5.02.